The second-order valence-electron chi connectivity index (χ2n) is 7.91. The van der Waals surface area contributed by atoms with Crippen molar-refractivity contribution in [3.63, 3.8) is 0 Å². The van der Waals surface area contributed by atoms with Crippen molar-refractivity contribution >= 4 is 22.6 Å². The van der Waals surface area contributed by atoms with E-state index in [2.05, 4.69) is 10.1 Å². The van der Waals surface area contributed by atoms with Gasteiger partial charge >= 0.3 is 0 Å². The van der Waals surface area contributed by atoms with Gasteiger partial charge in [0.05, 0.1) is 19.2 Å². The highest BCUT2D eigenvalue weighted by molar-refractivity contribution is 6.15. The first kappa shape index (κ1) is 25.2. The number of aliphatic hydroxyl groups is 1. The Hall–Kier alpha value is -3.46. The smallest absolute Gasteiger partial charge is 0.244 e. The maximum absolute atomic E-state index is 13.3. The van der Waals surface area contributed by atoms with Crippen LogP contribution in [0.1, 0.15) is 49.2 Å². The molecule has 3 aromatic rings. The molecule has 1 aromatic carbocycles. The number of aromatic nitrogens is 3. The fourth-order valence-corrected chi connectivity index (χ4v) is 3.68. The van der Waals surface area contributed by atoms with Crippen molar-refractivity contribution in [3.05, 3.63) is 47.8 Å². The van der Waals surface area contributed by atoms with Gasteiger partial charge in [0.15, 0.2) is 0 Å². The number of rotatable bonds is 13. The first-order chi connectivity index (χ1) is 16.5. The molecular weight excluding hydrogens is 436 g/mol. The van der Waals surface area contributed by atoms with E-state index in [0.717, 1.165) is 12.8 Å². The van der Waals surface area contributed by atoms with Gasteiger partial charge in [-0.3, -0.25) is 14.3 Å². The van der Waals surface area contributed by atoms with Gasteiger partial charge in [-0.15, -0.1) is 0 Å². The molecule has 9 heteroatoms. The molecule has 0 radical (unpaired) electrons. The molecule has 0 unspecified atom stereocenters. The van der Waals surface area contributed by atoms with E-state index >= 15 is 0 Å². The highest BCUT2D eigenvalue weighted by Crippen LogP contribution is 2.26. The van der Waals surface area contributed by atoms with Crippen molar-refractivity contribution in [2.24, 2.45) is 0 Å². The zero-order chi connectivity index (χ0) is 24.5. The molecule has 1 amide bonds. The van der Waals surface area contributed by atoms with Crippen molar-refractivity contribution in [1.29, 1.82) is 0 Å². The molecule has 0 bridgehead atoms. The monoisotopic (exact) mass is 468 g/mol. The Kier molecular flexibility index (Phi) is 8.98. The highest BCUT2D eigenvalue weighted by atomic mass is 16.5. The highest BCUT2D eigenvalue weighted by Gasteiger charge is 2.22. The molecule has 0 aliphatic carbocycles. The number of amides is 1. The Bertz CT molecular complexity index is 1100. The van der Waals surface area contributed by atoms with Gasteiger partial charge < -0.3 is 19.5 Å². The number of methoxy groups -OCH3 is 1. The summed E-state index contributed by atoms with van der Waals surface area (Å²) in [6.07, 6.45) is 3.69. The van der Waals surface area contributed by atoms with Crippen LogP contribution in [0.2, 0.25) is 0 Å². The molecule has 0 spiro atoms. The van der Waals surface area contributed by atoms with Gasteiger partial charge in [-0.1, -0.05) is 13.8 Å². The van der Waals surface area contributed by atoms with E-state index in [1.807, 2.05) is 18.7 Å². The fourth-order valence-electron chi connectivity index (χ4n) is 3.68. The molecule has 0 atom stereocenters. The SMILES string of the molecule is CCCN(CCC)C(=O)Cn1nc(C(=O)c2ccc(OCCCO)nc2)c2ccc(OC)cc21. The van der Waals surface area contributed by atoms with E-state index in [9.17, 15) is 9.59 Å². The first-order valence-corrected chi connectivity index (χ1v) is 11.6. The third kappa shape index (κ3) is 5.91. The Morgan fingerprint density at radius 3 is 2.50 bits per heavy atom. The number of benzene rings is 1. The number of ether oxygens (including phenoxy) is 2. The molecule has 0 aliphatic heterocycles. The lowest BCUT2D eigenvalue weighted by Crippen LogP contribution is -2.35. The van der Waals surface area contributed by atoms with Crippen molar-refractivity contribution < 1.29 is 24.2 Å². The third-order valence-corrected chi connectivity index (χ3v) is 5.35. The van der Waals surface area contributed by atoms with Crippen LogP contribution in [0.4, 0.5) is 0 Å². The Morgan fingerprint density at radius 1 is 1.12 bits per heavy atom. The van der Waals surface area contributed by atoms with E-state index in [1.54, 1.807) is 42.1 Å². The van der Waals surface area contributed by atoms with Crippen LogP contribution in [0.3, 0.4) is 0 Å². The van der Waals surface area contributed by atoms with E-state index in [0.29, 0.717) is 54.2 Å². The Balaban J connectivity index is 1.92. The molecule has 2 heterocycles. The molecule has 0 saturated carbocycles. The van der Waals surface area contributed by atoms with Gasteiger partial charge in [0.2, 0.25) is 17.6 Å². The van der Waals surface area contributed by atoms with Crippen molar-refractivity contribution in [3.8, 4) is 11.6 Å². The lowest BCUT2D eigenvalue weighted by Gasteiger charge is -2.21. The Labute approximate surface area is 199 Å². The number of aliphatic hydroxyl groups excluding tert-OH is 1. The quantitative estimate of drug-likeness (QED) is 0.303. The number of hydrogen-bond acceptors (Lipinski definition) is 7. The van der Waals surface area contributed by atoms with Crippen LogP contribution in [0.25, 0.3) is 10.9 Å². The average Bonchev–Trinajstić information content (AvgIpc) is 3.21. The van der Waals surface area contributed by atoms with Crippen molar-refractivity contribution in [2.75, 3.05) is 33.4 Å². The maximum Gasteiger partial charge on any atom is 0.244 e. The number of hydrogen-bond donors (Lipinski definition) is 1. The van der Waals surface area contributed by atoms with Gasteiger partial charge in [-0.25, -0.2) is 4.98 Å². The second-order valence-corrected chi connectivity index (χ2v) is 7.91. The zero-order valence-corrected chi connectivity index (χ0v) is 20.0. The summed E-state index contributed by atoms with van der Waals surface area (Å²) in [7, 11) is 1.57. The topological polar surface area (TPSA) is 107 Å². The zero-order valence-electron chi connectivity index (χ0n) is 20.0. The molecule has 3 rings (SSSR count). The van der Waals surface area contributed by atoms with Gasteiger partial charge in [0, 0.05) is 55.4 Å². The summed E-state index contributed by atoms with van der Waals surface area (Å²) in [5.74, 6) is 0.656. The third-order valence-electron chi connectivity index (χ3n) is 5.35. The summed E-state index contributed by atoms with van der Waals surface area (Å²) in [6, 6.07) is 8.58. The van der Waals surface area contributed by atoms with Crippen molar-refractivity contribution in [1.82, 2.24) is 19.7 Å². The molecule has 34 heavy (non-hydrogen) atoms. The lowest BCUT2D eigenvalue weighted by molar-refractivity contribution is -0.132. The van der Waals surface area contributed by atoms with Crippen LogP contribution < -0.4 is 9.47 Å². The summed E-state index contributed by atoms with van der Waals surface area (Å²) in [6.45, 7) is 5.85. The minimum Gasteiger partial charge on any atom is -0.497 e. The van der Waals surface area contributed by atoms with Crippen LogP contribution in [-0.4, -0.2) is 69.9 Å². The number of carbonyl (C=O) groups is 2. The van der Waals surface area contributed by atoms with Gasteiger partial charge in [0.25, 0.3) is 0 Å². The maximum atomic E-state index is 13.3. The molecule has 0 aliphatic rings. The predicted octanol–water partition coefficient (Wildman–Crippen LogP) is 3.08. The van der Waals surface area contributed by atoms with Crippen LogP contribution in [0, 0.1) is 0 Å². The summed E-state index contributed by atoms with van der Waals surface area (Å²) in [4.78, 5) is 32.3. The van der Waals surface area contributed by atoms with Crippen LogP contribution in [-0.2, 0) is 11.3 Å². The minimum atomic E-state index is -0.297. The Morgan fingerprint density at radius 2 is 1.88 bits per heavy atom. The van der Waals surface area contributed by atoms with Gasteiger partial charge in [-0.05, 0) is 31.0 Å². The largest absolute Gasteiger partial charge is 0.497 e. The van der Waals surface area contributed by atoms with E-state index in [1.165, 1.54) is 6.20 Å². The standard InChI is InChI=1S/C25H32N4O5/c1-4-11-28(12-5-2)23(31)17-29-21-15-19(33-3)8-9-20(21)24(27-29)25(32)18-7-10-22(26-16-18)34-14-6-13-30/h7-10,15-16,30H,4-6,11-14,17H2,1-3H3. The number of pyridine rings is 1. The summed E-state index contributed by atoms with van der Waals surface area (Å²) in [5, 5.41) is 14.0. The minimum absolute atomic E-state index is 0.0346. The average molecular weight is 469 g/mol. The van der Waals surface area contributed by atoms with Crippen molar-refractivity contribution in [2.45, 2.75) is 39.7 Å². The molecule has 1 N–H and O–H groups in total. The number of nitrogens with zero attached hydrogens (tertiary/aromatic N) is 4. The van der Waals surface area contributed by atoms with Crippen LogP contribution >= 0.6 is 0 Å². The lowest BCUT2D eigenvalue weighted by atomic mass is 10.1. The summed E-state index contributed by atoms with van der Waals surface area (Å²) < 4.78 is 12.4. The molecule has 2 aromatic heterocycles. The predicted molar refractivity (Wildman–Crippen MR) is 128 cm³/mol. The van der Waals surface area contributed by atoms with E-state index < -0.39 is 0 Å². The van der Waals surface area contributed by atoms with Gasteiger partial charge in [0.1, 0.15) is 18.0 Å². The van der Waals surface area contributed by atoms with Crippen LogP contribution in [0.5, 0.6) is 11.6 Å². The van der Waals surface area contributed by atoms with Crippen LogP contribution in [0.15, 0.2) is 36.5 Å². The number of carbonyl (C=O) groups excluding carboxylic acids is 2. The second kappa shape index (κ2) is 12.1. The van der Waals surface area contributed by atoms with E-state index in [-0.39, 0.29) is 30.5 Å². The first-order valence-electron chi connectivity index (χ1n) is 11.6. The molecule has 9 nitrogen and oxygen atoms in total. The molecule has 0 fully saturated rings. The summed E-state index contributed by atoms with van der Waals surface area (Å²) >= 11 is 0. The summed E-state index contributed by atoms with van der Waals surface area (Å²) in [5.41, 5.74) is 1.27. The van der Waals surface area contributed by atoms with Gasteiger partial charge in [-0.2, -0.15) is 5.10 Å². The number of fused-ring (bicyclic) bond motifs is 1. The van der Waals surface area contributed by atoms with E-state index in [4.69, 9.17) is 14.6 Å². The molecule has 0 saturated heterocycles. The fraction of sp³-hybridized carbons (Fsp3) is 0.440. The normalized spacial score (nSPS) is 10.9. The molecule has 182 valence electrons. The molecular formula is C25H32N4O5. The number of ketones is 1.